The van der Waals surface area contributed by atoms with Crippen molar-refractivity contribution >= 4 is 217 Å². The molecule has 0 aliphatic rings. The Morgan fingerprint density at radius 1 is 0.366 bits per heavy atom. The molecule has 0 heterocycles. The highest BCUT2D eigenvalue weighted by molar-refractivity contribution is 6.70. The normalized spacial score (nSPS) is 11.0. The predicted molar refractivity (Wildman–Crippen MR) is 192 cm³/mol. The van der Waals surface area contributed by atoms with Crippen molar-refractivity contribution < 1.29 is 0 Å². The summed E-state index contributed by atoms with van der Waals surface area (Å²) in [5.74, 6) is 0. The van der Waals surface area contributed by atoms with E-state index in [2.05, 4.69) is 5.32 Å². The van der Waals surface area contributed by atoms with Gasteiger partial charge in [0.05, 0.1) is 11.4 Å². The van der Waals surface area contributed by atoms with Gasteiger partial charge in [-0.1, -0.05) is 50.4 Å². The van der Waals surface area contributed by atoms with Gasteiger partial charge in [0.15, 0.2) is 0 Å². The van der Waals surface area contributed by atoms with Gasteiger partial charge in [0, 0.05) is 16.8 Å². The second-order valence-corrected chi connectivity index (χ2v) is 9.45. The number of hydrogen-bond acceptors (Lipinski definition) is 2. The fourth-order valence-corrected chi connectivity index (χ4v) is 4.58. The number of nitrogens with one attached hydrogen (secondary N) is 1. The average molecular weight is 483 g/mol. The lowest BCUT2D eigenvalue weighted by molar-refractivity contribution is 1.59. The van der Waals surface area contributed by atoms with E-state index in [0.717, 1.165) is 0 Å². The zero-order chi connectivity index (χ0) is 30.8. The Kier molecular flexibility index (Phi) is 8.63. The van der Waals surface area contributed by atoms with E-state index < -0.39 is 0 Å². The van der Waals surface area contributed by atoms with Crippen molar-refractivity contribution in [3.8, 4) is 22.3 Å². The van der Waals surface area contributed by atoms with Crippen LogP contribution in [0.15, 0.2) is 12.1 Å². The topological polar surface area (TPSA) is 38.0 Å². The van der Waals surface area contributed by atoms with E-state index >= 15 is 0 Å². The minimum Gasteiger partial charge on any atom is -0.398 e. The molecule has 4 rings (SSSR count). The molecule has 0 spiro atoms. The number of benzene rings is 4. The second kappa shape index (κ2) is 11.3. The summed E-state index contributed by atoms with van der Waals surface area (Å²) in [5.41, 5.74) is 7.59. The first kappa shape index (κ1) is 31.4. The summed E-state index contributed by atoms with van der Waals surface area (Å²) in [7, 11) is 93.3. The van der Waals surface area contributed by atoms with Crippen molar-refractivity contribution in [3.05, 3.63) is 12.1 Å². The summed E-state index contributed by atoms with van der Waals surface area (Å²) in [6.07, 6.45) is 0. The lowest BCUT2D eigenvalue weighted by Gasteiger charge is -2.29. The minimum absolute atomic E-state index is 0.00234. The molecular formula is C24H5B15N2. The fourth-order valence-electron chi connectivity index (χ4n) is 4.58. The third kappa shape index (κ3) is 4.96. The Bertz CT molecular complexity index is 1610. The van der Waals surface area contributed by atoms with Crippen LogP contribution in [0.25, 0.3) is 22.3 Å². The first-order valence-corrected chi connectivity index (χ1v) is 11.8. The largest absolute Gasteiger partial charge is 0.398 e. The quantitative estimate of drug-likeness (QED) is 0.224. The smallest absolute Gasteiger partial charge is 0.115 e. The minimum atomic E-state index is -0.0162. The molecule has 0 saturated heterocycles. The molecule has 4 aromatic carbocycles. The van der Waals surface area contributed by atoms with Crippen LogP contribution < -0.4 is 93.0 Å². The number of rotatable bonds is 4. The molecule has 156 valence electrons. The Balaban J connectivity index is 2.25. The molecule has 41 heavy (non-hydrogen) atoms. The highest BCUT2D eigenvalue weighted by atomic mass is 14.9. The molecule has 0 atom stereocenters. The maximum atomic E-state index is 6.42. The van der Waals surface area contributed by atoms with Gasteiger partial charge in [0.1, 0.15) is 118 Å². The van der Waals surface area contributed by atoms with E-state index in [1.807, 2.05) is 0 Å². The molecule has 0 unspecified atom stereocenters. The van der Waals surface area contributed by atoms with Crippen LogP contribution in [0, 0.1) is 0 Å². The summed E-state index contributed by atoms with van der Waals surface area (Å²) in [6, 6.07) is 3.07. The van der Waals surface area contributed by atoms with Crippen molar-refractivity contribution in [1.29, 1.82) is 0 Å². The van der Waals surface area contributed by atoms with E-state index in [9.17, 15) is 0 Å². The van der Waals surface area contributed by atoms with E-state index in [1.165, 1.54) is 12.1 Å². The highest BCUT2D eigenvalue weighted by Gasteiger charge is 2.23. The predicted octanol–water partition coefficient (Wildman–Crippen LogP) is -11.7. The Labute approximate surface area is 261 Å². The average Bonchev–Trinajstić information content (AvgIpc) is 2.94. The molecule has 0 aliphatic heterocycles. The van der Waals surface area contributed by atoms with Gasteiger partial charge in [-0.15, -0.1) is 43.7 Å². The molecule has 0 saturated carbocycles. The first-order chi connectivity index (χ1) is 19.0. The van der Waals surface area contributed by atoms with E-state index in [0.29, 0.717) is 0 Å². The fraction of sp³-hybridized carbons (Fsp3) is 0. The van der Waals surface area contributed by atoms with E-state index in [-0.39, 0.29) is 121 Å². The molecular weight excluding hydrogens is 478 g/mol. The van der Waals surface area contributed by atoms with Gasteiger partial charge in [0.2, 0.25) is 0 Å². The molecule has 2 nitrogen and oxygen atoms in total. The lowest BCUT2D eigenvalue weighted by Crippen LogP contribution is -2.55. The van der Waals surface area contributed by atoms with Crippen LogP contribution in [-0.4, -0.2) is 118 Å². The molecule has 0 amide bonds. The van der Waals surface area contributed by atoms with Crippen LogP contribution in [0.3, 0.4) is 0 Å². The molecule has 3 N–H and O–H groups in total. The van der Waals surface area contributed by atoms with E-state index in [1.54, 1.807) is 0 Å². The lowest BCUT2D eigenvalue weighted by atomic mass is 9.58. The van der Waals surface area contributed by atoms with Crippen LogP contribution in [0.2, 0.25) is 0 Å². The second-order valence-electron chi connectivity index (χ2n) is 9.45. The van der Waals surface area contributed by atoms with Gasteiger partial charge in [-0.25, -0.2) is 0 Å². The van der Waals surface area contributed by atoms with Crippen LogP contribution in [0.4, 0.5) is 17.1 Å². The van der Waals surface area contributed by atoms with Crippen molar-refractivity contribution in [2.24, 2.45) is 0 Å². The third-order valence-corrected chi connectivity index (χ3v) is 7.05. The standard InChI is InChI=1S/C24H5B15N2/c25-3-1-4(6-8(26)12(30)16(34)13(31)9(6)27)23(41-24-21(39)19(37)18(36)20(38)22(24)40)5(2-3)7-10(28)14(32)17(35)15(33)11(7)29/h1-2,41H,40H2. The van der Waals surface area contributed by atoms with Crippen LogP contribution >= 0.6 is 0 Å². The van der Waals surface area contributed by atoms with Crippen LogP contribution in [0.1, 0.15) is 0 Å². The Morgan fingerprint density at radius 3 is 1.02 bits per heavy atom. The molecule has 4 aromatic rings. The van der Waals surface area contributed by atoms with Crippen molar-refractivity contribution in [2.75, 3.05) is 11.1 Å². The molecule has 17 heteroatoms. The Morgan fingerprint density at radius 2 is 0.659 bits per heavy atom. The van der Waals surface area contributed by atoms with Crippen molar-refractivity contribution in [2.45, 2.75) is 0 Å². The summed E-state index contributed by atoms with van der Waals surface area (Å²) in [6.45, 7) is 0. The van der Waals surface area contributed by atoms with Gasteiger partial charge in [-0.05, 0) is 11.1 Å². The van der Waals surface area contributed by atoms with Crippen LogP contribution in [-0.2, 0) is 0 Å². The monoisotopic (exact) mass is 486 g/mol. The molecule has 0 aliphatic carbocycles. The van der Waals surface area contributed by atoms with Crippen molar-refractivity contribution in [3.63, 3.8) is 0 Å². The van der Waals surface area contributed by atoms with Gasteiger partial charge >= 0.3 is 0 Å². The number of hydrogen-bond donors (Lipinski definition) is 2. The SMILES string of the molecule is [B]c1cc(-c2c([B])c([B])c([B])c([B])c2[B])c(Nc2c([B])c([B])c([B])c([B])c2N)c(-c2c([B])c([B])c([B])c([B])c2[B])c1. The third-order valence-electron chi connectivity index (χ3n) is 7.05. The van der Waals surface area contributed by atoms with Crippen LogP contribution in [0.5, 0.6) is 0 Å². The number of nitrogen functional groups attached to an aromatic ring is 1. The molecule has 30 radical (unpaired) electrons. The zero-order valence-corrected chi connectivity index (χ0v) is 21.9. The van der Waals surface area contributed by atoms with E-state index in [4.69, 9.17) is 123 Å². The molecule has 0 aromatic heterocycles. The van der Waals surface area contributed by atoms with Gasteiger partial charge in [0.25, 0.3) is 0 Å². The Hall–Kier alpha value is -2.55. The summed E-state index contributed by atoms with van der Waals surface area (Å²) >= 11 is 0. The molecule has 0 bridgehead atoms. The summed E-state index contributed by atoms with van der Waals surface area (Å²) in [5, 5.41) is 3.16. The number of nitrogens with two attached hydrogens (primary N) is 1. The molecule has 0 fully saturated rings. The first-order valence-electron chi connectivity index (χ1n) is 11.8. The maximum Gasteiger partial charge on any atom is 0.115 e. The highest BCUT2D eigenvalue weighted by Crippen LogP contribution is 2.36. The summed E-state index contributed by atoms with van der Waals surface area (Å²) < 4.78 is 0. The zero-order valence-electron chi connectivity index (χ0n) is 21.9. The maximum absolute atomic E-state index is 6.42. The summed E-state index contributed by atoms with van der Waals surface area (Å²) in [4.78, 5) is 0. The van der Waals surface area contributed by atoms with Gasteiger partial charge < -0.3 is 11.1 Å². The number of anilines is 3. The van der Waals surface area contributed by atoms with Crippen molar-refractivity contribution in [1.82, 2.24) is 0 Å². The van der Waals surface area contributed by atoms with Gasteiger partial charge in [-0.2, -0.15) is 0 Å². The van der Waals surface area contributed by atoms with Gasteiger partial charge in [-0.3, -0.25) is 0 Å².